The van der Waals surface area contributed by atoms with Crippen molar-refractivity contribution in [2.24, 2.45) is 0 Å². The number of rotatable bonds is 3. The van der Waals surface area contributed by atoms with E-state index < -0.39 is 12.1 Å². The SMILES string of the molecule is N=CC1=C(O)C(Cc2ccccn2)OC1=O. The van der Waals surface area contributed by atoms with Crippen LogP contribution >= 0.6 is 0 Å². The van der Waals surface area contributed by atoms with Crippen LogP contribution in [0.5, 0.6) is 0 Å². The molecule has 16 heavy (non-hydrogen) atoms. The largest absolute Gasteiger partial charge is 0.507 e. The predicted molar refractivity (Wildman–Crippen MR) is 56.3 cm³/mol. The van der Waals surface area contributed by atoms with Crippen molar-refractivity contribution in [3.63, 3.8) is 0 Å². The number of aliphatic hydroxyl groups is 1. The monoisotopic (exact) mass is 218 g/mol. The summed E-state index contributed by atoms with van der Waals surface area (Å²) in [4.78, 5) is 15.3. The molecule has 2 N–H and O–H groups in total. The summed E-state index contributed by atoms with van der Waals surface area (Å²) in [7, 11) is 0. The summed E-state index contributed by atoms with van der Waals surface area (Å²) >= 11 is 0. The number of aromatic nitrogens is 1. The van der Waals surface area contributed by atoms with Crippen LogP contribution in [-0.4, -0.2) is 28.4 Å². The van der Waals surface area contributed by atoms with Gasteiger partial charge in [-0.2, -0.15) is 0 Å². The quantitative estimate of drug-likeness (QED) is 0.585. The van der Waals surface area contributed by atoms with Crippen molar-refractivity contribution in [1.29, 1.82) is 5.41 Å². The molecule has 1 unspecified atom stereocenters. The third kappa shape index (κ3) is 1.79. The molecule has 0 spiro atoms. The Kier molecular flexibility index (Phi) is 2.68. The van der Waals surface area contributed by atoms with E-state index in [0.717, 1.165) is 11.9 Å². The molecule has 0 radical (unpaired) electrons. The molecule has 1 aliphatic heterocycles. The molecule has 82 valence electrons. The van der Waals surface area contributed by atoms with Crippen LogP contribution in [0.2, 0.25) is 0 Å². The molecule has 0 bridgehead atoms. The average molecular weight is 218 g/mol. The van der Waals surface area contributed by atoms with Crippen molar-refractivity contribution in [2.45, 2.75) is 12.5 Å². The highest BCUT2D eigenvalue weighted by molar-refractivity contribution is 6.10. The van der Waals surface area contributed by atoms with E-state index in [4.69, 9.17) is 10.1 Å². The minimum Gasteiger partial charge on any atom is -0.507 e. The lowest BCUT2D eigenvalue weighted by atomic mass is 10.1. The molecule has 1 aromatic heterocycles. The Labute approximate surface area is 91.9 Å². The average Bonchev–Trinajstić information content (AvgIpc) is 2.55. The number of aliphatic hydroxyl groups excluding tert-OH is 1. The maximum absolute atomic E-state index is 11.2. The second-order valence-corrected chi connectivity index (χ2v) is 3.36. The molecule has 5 heteroatoms. The van der Waals surface area contributed by atoms with Crippen LogP contribution in [0.4, 0.5) is 0 Å². The number of ether oxygens (including phenoxy) is 1. The van der Waals surface area contributed by atoms with Gasteiger partial charge in [0.15, 0.2) is 6.10 Å². The molecular formula is C11H10N2O3. The second-order valence-electron chi connectivity index (χ2n) is 3.36. The first-order valence-electron chi connectivity index (χ1n) is 4.77. The van der Waals surface area contributed by atoms with Crippen LogP contribution in [0.25, 0.3) is 0 Å². The van der Waals surface area contributed by atoms with Gasteiger partial charge in [-0.25, -0.2) is 4.79 Å². The van der Waals surface area contributed by atoms with Gasteiger partial charge in [0.05, 0.1) is 0 Å². The number of carbonyl (C=O) groups excluding carboxylic acids is 1. The lowest BCUT2D eigenvalue weighted by Crippen LogP contribution is -2.15. The van der Waals surface area contributed by atoms with Crippen LogP contribution in [0.15, 0.2) is 35.7 Å². The Balaban J connectivity index is 2.17. The molecule has 0 aromatic carbocycles. The zero-order chi connectivity index (χ0) is 11.5. The molecule has 0 saturated heterocycles. The number of cyclic esters (lactones) is 1. The summed E-state index contributed by atoms with van der Waals surface area (Å²) in [5.74, 6) is -0.848. The molecule has 2 heterocycles. The highest BCUT2D eigenvalue weighted by Gasteiger charge is 2.33. The van der Waals surface area contributed by atoms with E-state index in [-0.39, 0.29) is 11.3 Å². The Morgan fingerprint density at radius 1 is 1.56 bits per heavy atom. The highest BCUT2D eigenvalue weighted by atomic mass is 16.6. The lowest BCUT2D eigenvalue weighted by Gasteiger charge is -2.08. The molecule has 5 nitrogen and oxygen atoms in total. The summed E-state index contributed by atoms with van der Waals surface area (Å²) < 4.78 is 4.93. The first-order valence-corrected chi connectivity index (χ1v) is 4.77. The maximum Gasteiger partial charge on any atom is 0.344 e. The van der Waals surface area contributed by atoms with Crippen molar-refractivity contribution in [2.75, 3.05) is 0 Å². The molecule has 0 amide bonds. The van der Waals surface area contributed by atoms with E-state index in [0.29, 0.717) is 6.42 Å². The number of nitrogens with zero attached hydrogens (tertiary/aromatic N) is 1. The molecule has 1 aliphatic rings. The molecular weight excluding hydrogens is 208 g/mol. The topological polar surface area (TPSA) is 83.3 Å². The smallest absolute Gasteiger partial charge is 0.344 e. The summed E-state index contributed by atoms with van der Waals surface area (Å²) in [5.41, 5.74) is 0.638. The predicted octanol–water partition coefficient (Wildman–Crippen LogP) is 1.01. The fraction of sp³-hybridized carbons (Fsp3) is 0.182. The number of hydrogen-bond donors (Lipinski definition) is 2. The molecule has 1 atom stereocenters. The number of nitrogens with one attached hydrogen (secondary N) is 1. The van der Waals surface area contributed by atoms with Gasteiger partial charge in [-0.15, -0.1) is 0 Å². The van der Waals surface area contributed by atoms with Gasteiger partial charge in [-0.3, -0.25) is 4.98 Å². The minimum atomic E-state index is -0.723. The minimum absolute atomic E-state index is 0.0825. The molecule has 0 fully saturated rings. The Morgan fingerprint density at radius 3 is 2.94 bits per heavy atom. The van der Waals surface area contributed by atoms with Crippen molar-refractivity contribution in [3.05, 3.63) is 41.4 Å². The Bertz CT molecular complexity index is 454. The summed E-state index contributed by atoms with van der Waals surface area (Å²) in [6, 6.07) is 5.38. The van der Waals surface area contributed by atoms with Crippen molar-refractivity contribution in [3.8, 4) is 0 Å². The first kappa shape index (κ1) is 10.4. The van der Waals surface area contributed by atoms with Gasteiger partial charge in [0.1, 0.15) is 11.3 Å². The van der Waals surface area contributed by atoms with Crippen LogP contribution < -0.4 is 0 Å². The highest BCUT2D eigenvalue weighted by Crippen LogP contribution is 2.21. The van der Waals surface area contributed by atoms with Gasteiger partial charge in [0, 0.05) is 24.5 Å². The van der Waals surface area contributed by atoms with Crippen LogP contribution in [0.3, 0.4) is 0 Å². The van der Waals surface area contributed by atoms with Gasteiger partial charge in [0.2, 0.25) is 0 Å². The standard InChI is InChI=1S/C11H10N2O3/c12-6-8-10(14)9(16-11(8)15)5-7-3-1-2-4-13-7/h1-4,6,9,12,14H,5H2. The lowest BCUT2D eigenvalue weighted by molar-refractivity contribution is -0.139. The maximum atomic E-state index is 11.2. The fourth-order valence-corrected chi connectivity index (χ4v) is 1.51. The van der Waals surface area contributed by atoms with Crippen molar-refractivity contribution in [1.82, 2.24) is 4.98 Å². The molecule has 0 saturated carbocycles. The zero-order valence-corrected chi connectivity index (χ0v) is 8.38. The fourth-order valence-electron chi connectivity index (χ4n) is 1.51. The van der Waals surface area contributed by atoms with Crippen LogP contribution in [-0.2, 0) is 16.0 Å². The van der Waals surface area contributed by atoms with Crippen LogP contribution in [0.1, 0.15) is 5.69 Å². The second kappa shape index (κ2) is 4.14. The number of pyridine rings is 1. The molecule has 1 aromatic rings. The number of hydrogen-bond acceptors (Lipinski definition) is 5. The summed E-state index contributed by atoms with van der Waals surface area (Å²) in [6.07, 6.45) is 2.02. The van der Waals surface area contributed by atoms with Gasteiger partial charge in [0.25, 0.3) is 0 Å². The Hall–Kier alpha value is -2.17. The first-order chi connectivity index (χ1) is 7.72. The molecule has 2 rings (SSSR count). The van der Waals surface area contributed by atoms with E-state index in [1.54, 1.807) is 18.3 Å². The summed E-state index contributed by atoms with van der Waals surface area (Å²) in [6.45, 7) is 0. The van der Waals surface area contributed by atoms with E-state index >= 15 is 0 Å². The van der Waals surface area contributed by atoms with Crippen molar-refractivity contribution >= 4 is 12.2 Å². The third-order valence-electron chi connectivity index (χ3n) is 2.32. The van der Waals surface area contributed by atoms with E-state index in [2.05, 4.69) is 4.98 Å². The van der Waals surface area contributed by atoms with E-state index in [1.807, 2.05) is 6.07 Å². The number of carbonyl (C=O) groups is 1. The van der Waals surface area contributed by atoms with Gasteiger partial charge in [-0.05, 0) is 12.1 Å². The Morgan fingerprint density at radius 2 is 2.38 bits per heavy atom. The summed E-state index contributed by atoms with van der Waals surface area (Å²) in [5, 5.41) is 16.6. The van der Waals surface area contributed by atoms with E-state index in [1.165, 1.54) is 0 Å². The normalized spacial score (nSPS) is 19.8. The van der Waals surface area contributed by atoms with E-state index in [9.17, 15) is 9.90 Å². The molecule has 0 aliphatic carbocycles. The van der Waals surface area contributed by atoms with Gasteiger partial charge >= 0.3 is 5.97 Å². The van der Waals surface area contributed by atoms with Gasteiger partial charge < -0.3 is 15.3 Å². The van der Waals surface area contributed by atoms with Crippen molar-refractivity contribution < 1.29 is 14.6 Å². The van der Waals surface area contributed by atoms with Gasteiger partial charge in [-0.1, -0.05) is 6.07 Å². The third-order valence-corrected chi connectivity index (χ3v) is 2.32. The zero-order valence-electron chi connectivity index (χ0n) is 8.38. The van der Waals surface area contributed by atoms with Crippen LogP contribution in [0, 0.1) is 5.41 Å². The number of esters is 1.